The molecule has 0 aromatic carbocycles. The number of terminal acetylenes is 1. The number of hydrogen-bond donors (Lipinski definition) is 0. The van der Waals surface area contributed by atoms with Gasteiger partial charge in [0.05, 0.1) is 0 Å². The summed E-state index contributed by atoms with van der Waals surface area (Å²) < 4.78 is 12.5. The molecule has 0 spiro atoms. The van der Waals surface area contributed by atoms with Crippen LogP contribution in [0.4, 0.5) is 4.39 Å². The predicted octanol–water partition coefficient (Wildman–Crippen LogP) is 1.70. The van der Waals surface area contributed by atoms with Gasteiger partial charge in [-0.15, -0.1) is 17.8 Å². The third-order valence-corrected chi connectivity index (χ3v) is 1.84. The molecule has 1 nitrogen and oxygen atoms in total. The molecule has 0 saturated carbocycles. The summed E-state index contributed by atoms with van der Waals surface area (Å²) in [7, 11) is 0. The zero-order chi connectivity index (χ0) is 7.56. The molecular weight excluding hydrogens is 151 g/mol. The maximum atomic E-state index is 12.5. The van der Waals surface area contributed by atoms with E-state index in [1.165, 1.54) is 11.4 Å². The minimum absolute atomic E-state index is 0.0162. The van der Waals surface area contributed by atoms with Gasteiger partial charge < -0.3 is 0 Å². The molecule has 3 heteroatoms. The van der Waals surface area contributed by atoms with Gasteiger partial charge in [0, 0.05) is 0 Å². The number of rotatable bonds is 1. The van der Waals surface area contributed by atoms with Crippen LogP contribution in [0.3, 0.4) is 0 Å². The van der Waals surface area contributed by atoms with Crippen LogP contribution in [0.5, 0.6) is 0 Å². The Morgan fingerprint density at radius 2 is 2.50 bits per heavy atom. The first-order valence-corrected chi connectivity index (χ1v) is 3.37. The summed E-state index contributed by atoms with van der Waals surface area (Å²) in [5, 5.41) is 1.49. The number of thiophene rings is 1. The molecule has 0 aliphatic rings. The SMILES string of the molecule is C#CC(=O)c1sccc1F. The molecule has 0 saturated heterocycles. The second-order valence-corrected chi connectivity index (χ2v) is 2.49. The van der Waals surface area contributed by atoms with E-state index in [0.717, 1.165) is 11.3 Å². The van der Waals surface area contributed by atoms with Crippen LogP contribution in [0.25, 0.3) is 0 Å². The Morgan fingerprint density at radius 1 is 1.80 bits per heavy atom. The van der Waals surface area contributed by atoms with Crippen molar-refractivity contribution in [1.82, 2.24) is 0 Å². The van der Waals surface area contributed by atoms with Gasteiger partial charge in [-0.05, 0) is 17.4 Å². The molecule has 0 atom stereocenters. The molecule has 1 rings (SSSR count). The first kappa shape index (κ1) is 6.97. The molecule has 0 N–H and O–H groups in total. The second-order valence-electron chi connectivity index (χ2n) is 1.57. The summed E-state index contributed by atoms with van der Waals surface area (Å²) in [6.07, 6.45) is 4.77. The number of ketones is 1. The molecule has 0 amide bonds. The molecule has 1 heterocycles. The Labute approximate surface area is 61.5 Å². The molecule has 0 unspecified atom stereocenters. The number of Topliss-reactive ketones (excluding diaryl/α,β-unsaturated/α-hetero) is 1. The minimum Gasteiger partial charge on any atom is -0.278 e. The van der Waals surface area contributed by atoms with E-state index in [1.54, 1.807) is 0 Å². The molecule has 0 bridgehead atoms. The smallest absolute Gasteiger partial charge is 0.248 e. The Balaban J connectivity index is 3.08. The predicted molar refractivity (Wildman–Crippen MR) is 37.4 cm³/mol. The molecule has 1 aromatic rings. The Hall–Kier alpha value is -1.14. The molecule has 0 fully saturated rings. The molecule has 1 aromatic heterocycles. The number of carbonyl (C=O) groups excluding carboxylic acids is 1. The number of hydrogen-bond acceptors (Lipinski definition) is 2. The average molecular weight is 154 g/mol. The highest BCUT2D eigenvalue weighted by Crippen LogP contribution is 2.14. The van der Waals surface area contributed by atoms with E-state index in [0.29, 0.717) is 0 Å². The van der Waals surface area contributed by atoms with Crippen molar-refractivity contribution in [2.45, 2.75) is 0 Å². The third kappa shape index (κ3) is 1.07. The fourth-order valence-corrected chi connectivity index (χ4v) is 1.19. The van der Waals surface area contributed by atoms with Gasteiger partial charge in [0.25, 0.3) is 0 Å². The Kier molecular flexibility index (Phi) is 1.83. The second kappa shape index (κ2) is 2.63. The van der Waals surface area contributed by atoms with Crippen molar-refractivity contribution in [3.05, 3.63) is 22.1 Å². The van der Waals surface area contributed by atoms with Crippen molar-refractivity contribution in [1.29, 1.82) is 0 Å². The van der Waals surface area contributed by atoms with E-state index in [9.17, 15) is 9.18 Å². The molecular formula is C7H3FOS. The molecule has 0 radical (unpaired) electrons. The highest BCUT2D eigenvalue weighted by Gasteiger charge is 2.09. The summed E-state index contributed by atoms with van der Waals surface area (Å²) in [6, 6.07) is 1.22. The highest BCUT2D eigenvalue weighted by molar-refractivity contribution is 7.12. The zero-order valence-electron chi connectivity index (χ0n) is 4.93. The fourth-order valence-electron chi connectivity index (χ4n) is 0.521. The topological polar surface area (TPSA) is 17.1 Å². The summed E-state index contributed by atoms with van der Waals surface area (Å²) >= 11 is 1.02. The quantitative estimate of drug-likeness (QED) is 0.342. The first-order chi connectivity index (χ1) is 4.75. The molecule has 50 valence electrons. The lowest BCUT2D eigenvalue weighted by Gasteiger charge is -1.83. The van der Waals surface area contributed by atoms with Gasteiger partial charge in [0.15, 0.2) is 0 Å². The first-order valence-electron chi connectivity index (χ1n) is 2.49. The van der Waals surface area contributed by atoms with Crippen molar-refractivity contribution >= 4 is 17.1 Å². The lowest BCUT2D eigenvalue weighted by molar-refractivity contribution is 0.105. The van der Waals surface area contributed by atoms with Crippen LogP contribution in [0, 0.1) is 18.2 Å². The lowest BCUT2D eigenvalue weighted by Crippen LogP contribution is -1.92. The third-order valence-electron chi connectivity index (χ3n) is 0.955. The van der Waals surface area contributed by atoms with E-state index < -0.39 is 11.6 Å². The summed E-state index contributed by atoms with van der Waals surface area (Å²) in [6.45, 7) is 0. The summed E-state index contributed by atoms with van der Waals surface area (Å²) in [4.78, 5) is 10.6. The van der Waals surface area contributed by atoms with Gasteiger partial charge in [-0.1, -0.05) is 0 Å². The van der Waals surface area contributed by atoms with Crippen LogP contribution < -0.4 is 0 Å². The van der Waals surface area contributed by atoms with Crippen molar-refractivity contribution in [2.24, 2.45) is 0 Å². The van der Waals surface area contributed by atoms with Gasteiger partial charge in [-0.25, -0.2) is 4.39 Å². The van der Waals surface area contributed by atoms with Gasteiger partial charge in [0.2, 0.25) is 5.78 Å². The molecule has 10 heavy (non-hydrogen) atoms. The monoisotopic (exact) mass is 154 g/mol. The maximum Gasteiger partial charge on any atom is 0.248 e. The number of halogens is 1. The summed E-state index contributed by atoms with van der Waals surface area (Å²) in [5.74, 6) is 0.715. The Morgan fingerprint density at radius 3 is 2.90 bits per heavy atom. The van der Waals surface area contributed by atoms with Gasteiger partial charge in [-0.2, -0.15) is 0 Å². The fraction of sp³-hybridized carbons (Fsp3) is 0. The highest BCUT2D eigenvalue weighted by atomic mass is 32.1. The van der Waals surface area contributed by atoms with Crippen LogP contribution in [0.2, 0.25) is 0 Å². The van der Waals surface area contributed by atoms with Crippen molar-refractivity contribution < 1.29 is 9.18 Å². The van der Waals surface area contributed by atoms with Crippen molar-refractivity contribution in [3.63, 3.8) is 0 Å². The van der Waals surface area contributed by atoms with Gasteiger partial charge in [-0.3, -0.25) is 4.79 Å². The summed E-state index contributed by atoms with van der Waals surface area (Å²) in [5.41, 5.74) is 0. The van der Waals surface area contributed by atoms with E-state index in [2.05, 4.69) is 0 Å². The molecule has 0 aliphatic carbocycles. The lowest BCUT2D eigenvalue weighted by atomic mass is 10.3. The van der Waals surface area contributed by atoms with Crippen LogP contribution >= 0.6 is 11.3 Å². The zero-order valence-corrected chi connectivity index (χ0v) is 5.74. The van der Waals surface area contributed by atoms with E-state index in [1.807, 2.05) is 5.92 Å². The van der Waals surface area contributed by atoms with Gasteiger partial charge in [0.1, 0.15) is 10.7 Å². The van der Waals surface area contributed by atoms with Crippen LogP contribution in [0.1, 0.15) is 9.67 Å². The number of carbonyl (C=O) groups is 1. The van der Waals surface area contributed by atoms with Gasteiger partial charge >= 0.3 is 0 Å². The normalized spacial score (nSPS) is 8.80. The van der Waals surface area contributed by atoms with Crippen LogP contribution in [0.15, 0.2) is 11.4 Å². The standard InChI is InChI=1S/C7H3FOS/c1-2-6(9)7-5(8)3-4-10-7/h1,3-4H. The van der Waals surface area contributed by atoms with Crippen molar-refractivity contribution in [3.8, 4) is 12.3 Å². The van der Waals surface area contributed by atoms with Crippen LogP contribution in [-0.4, -0.2) is 5.78 Å². The van der Waals surface area contributed by atoms with E-state index in [4.69, 9.17) is 6.42 Å². The van der Waals surface area contributed by atoms with E-state index >= 15 is 0 Å². The maximum absolute atomic E-state index is 12.5. The largest absolute Gasteiger partial charge is 0.278 e. The minimum atomic E-state index is -0.590. The van der Waals surface area contributed by atoms with Crippen molar-refractivity contribution in [2.75, 3.05) is 0 Å². The van der Waals surface area contributed by atoms with Crippen LogP contribution in [-0.2, 0) is 0 Å². The molecule has 0 aliphatic heterocycles. The Bertz CT molecular complexity index is 295. The van der Waals surface area contributed by atoms with E-state index in [-0.39, 0.29) is 4.88 Å². The average Bonchev–Trinajstić information content (AvgIpc) is 2.34.